The largest absolute Gasteiger partial charge is 0.462 e. The van der Waals surface area contributed by atoms with E-state index in [1.807, 2.05) is 6.08 Å². The number of hydrogen-bond donors (Lipinski definition) is 0. The smallest absolute Gasteiger partial charge is 0.309 e. The van der Waals surface area contributed by atoms with Crippen LogP contribution in [-0.2, 0) is 28.6 Å². The highest BCUT2D eigenvalue weighted by Gasteiger charge is 2.19. The fraction of sp³-hybridized carbons (Fsp3) is 0.582. The van der Waals surface area contributed by atoms with Gasteiger partial charge in [-0.2, -0.15) is 0 Å². The van der Waals surface area contributed by atoms with Crippen molar-refractivity contribution < 1.29 is 28.6 Å². The fourth-order valence-electron chi connectivity index (χ4n) is 5.93. The van der Waals surface area contributed by atoms with E-state index >= 15 is 0 Å². The van der Waals surface area contributed by atoms with Crippen LogP contribution in [0.1, 0.15) is 188 Å². The number of rotatable bonds is 41. The normalized spacial score (nSPS) is 13.2. The summed E-state index contributed by atoms with van der Waals surface area (Å²) in [5.74, 6) is -1.11. The fourth-order valence-corrected chi connectivity index (χ4v) is 5.93. The van der Waals surface area contributed by atoms with Gasteiger partial charge in [-0.05, 0) is 103 Å². The number of carbonyl (C=O) groups excluding carboxylic acids is 3. The van der Waals surface area contributed by atoms with E-state index < -0.39 is 12.1 Å². The SMILES string of the molecule is CC/C=C\C/C=C\C/C=C\C/C=C\C/C=C\CCCCCC(=O)OCC(COC(=O)C/C=C\C/C=C\C/C=C\CC)OC(=O)CCCCCCCC/C=C\C=C/CCCCC. The highest BCUT2D eigenvalue weighted by molar-refractivity contribution is 5.72. The lowest BCUT2D eigenvalue weighted by Gasteiger charge is -2.18. The van der Waals surface area contributed by atoms with Crippen molar-refractivity contribution in [2.75, 3.05) is 13.2 Å². The second kappa shape index (κ2) is 48.5. The molecule has 0 N–H and O–H groups in total. The summed E-state index contributed by atoms with van der Waals surface area (Å²) in [6, 6.07) is 0. The molecule has 0 radical (unpaired) electrons. The Morgan fingerprint density at radius 3 is 1.26 bits per heavy atom. The van der Waals surface area contributed by atoms with Gasteiger partial charge in [0.1, 0.15) is 13.2 Å². The van der Waals surface area contributed by atoms with Crippen molar-refractivity contribution in [1.82, 2.24) is 0 Å². The molecule has 0 amide bonds. The zero-order chi connectivity index (χ0) is 44.4. The molecule has 0 aliphatic carbocycles. The molecule has 0 aromatic rings. The number of unbranched alkanes of at least 4 members (excludes halogenated alkanes) is 12. The second-order valence-corrected chi connectivity index (χ2v) is 15.3. The standard InChI is InChI=1S/C55H86O6/c1-4-7-10-13-16-19-21-23-25-26-27-28-30-31-33-36-39-42-45-48-54(57)60-51-52(50-59-53(56)47-44-41-38-35-18-15-12-9-6-3)61-55(58)49-46-43-40-37-34-32-29-24-22-20-17-14-11-8-5-2/h7,9-10,12,16-20,22-25,27-28,31,33,35,41,44,52H,4-6,8,11,13-15,21,26,29-30,32,34,36-40,42-43,45-51H2,1-3H3/b10-7-,12-9-,19-16-,20-17-,24-22-,25-23-,28-27-,33-31-,35-18-,44-41-. The van der Waals surface area contributed by atoms with E-state index in [-0.39, 0.29) is 38.0 Å². The van der Waals surface area contributed by atoms with E-state index in [0.717, 1.165) is 116 Å². The minimum absolute atomic E-state index is 0.121. The maximum Gasteiger partial charge on any atom is 0.309 e. The molecule has 0 aromatic heterocycles. The minimum atomic E-state index is -0.835. The van der Waals surface area contributed by atoms with Crippen LogP contribution in [0.15, 0.2) is 122 Å². The molecule has 1 atom stereocenters. The third-order valence-corrected chi connectivity index (χ3v) is 9.49. The highest BCUT2D eigenvalue weighted by Crippen LogP contribution is 2.12. The van der Waals surface area contributed by atoms with E-state index in [4.69, 9.17) is 14.2 Å². The Hall–Kier alpha value is -4.19. The van der Waals surface area contributed by atoms with Gasteiger partial charge in [0.15, 0.2) is 6.10 Å². The predicted octanol–water partition coefficient (Wildman–Crippen LogP) is 15.7. The Kier molecular flexibility index (Phi) is 45.1. The van der Waals surface area contributed by atoms with Crippen LogP contribution >= 0.6 is 0 Å². The van der Waals surface area contributed by atoms with Crippen molar-refractivity contribution in [2.45, 2.75) is 194 Å². The number of hydrogen-bond acceptors (Lipinski definition) is 6. The number of esters is 3. The van der Waals surface area contributed by atoms with Gasteiger partial charge in [0, 0.05) is 12.8 Å². The lowest BCUT2D eigenvalue weighted by molar-refractivity contribution is -0.166. The third kappa shape index (κ3) is 46.7. The molecule has 0 heterocycles. The Balaban J connectivity index is 4.50. The van der Waals surface area contributed by atoms with Crippen LogP contribution in [0.4, 0.5) is 0 Å². The van der Waals surface area contributed by atoms with Gasteiger partial charge in [0.25, 0.3) is 0 Å². The van der Waals surface area contributed by atoms with Crippen molar-refractivity contribution in [3.63, 3.8) is 0 Å². The lowest BCUT2D eigenvalue weighted by atomic mass is 10.1. The molecule has 6 heteroatoms. The first-order valence-corrected chi connectivity index (χ1v) is 24.1. The summed E-state index contributed by atoms with van der Waals surface area (Å²) in [7, 11) is 0. The van der Waals surface area contributed by atoms with Gasteiger partial charge < -0.3 is 14.2 Å². The van der Waals surface area contributed by atoms with Gasteiger partial charge in [0.05, 0.1) is 6.42 Å². The molecule has 6 nitrogen and oxygen atoms in total. The Labute approximate surface area is 373 Å². The van der Waals surface area contributed by atoms with Crippen LogP contribution in [-0.4, -0.2) is 37.2 Å². The first kappa shape index (κ1) is 56.8. The second-order valence-electron chi connectivity index (χ2n) is 15.3. The first-order chi connectivity index (χ1) is 30.0. The third-order valence-electron chi connectivity index (χ3n) is 9.49. The molecule has 1 unspecified atom stereocenters. The van der Waals surface area contributed by atoms with Gasteiger partial charge in [-0.1, -0.05) is 187 Å². The van der Waals surface area contributed by atoms with Gasteiger partial charge in [0.2, 0.25) is 0 Å². The van der Waals surface area contributed by atoms with Crippen LogP contribution < -0.4 is 0 Å². The van der Waals surface area contributed by atoms with Crippen LogP contribution in [0.25, 0.3) is 0 Å². The molecule has 0 bridgehead atoms. The summed E-state index contributed by atoms with van der Waals surface area (Å²) < 4.78 is 16.6. The molecular formula is C55H86O6. The van der Waals surface area contributed by atoms with E-state index in [0.29, 0.717) is 6.42 Å². The topological polar surface area (TPSA) is 78.9 Å². The van der Waals surface area contributed by atoms with Gasteiger partial charge in [-0.3, -0.25) is 14.4 Å². The van der Waals surface area contributed by atoms with Crippen LogP contribution in [0.3, 0.4) is 0 Å². The minimum Gasteiger partial charge on any atom is -0.462 e. The van der Waals surface area contributed by atoms with Crippen molar-refractivity contribution in [3.8, 4) is 0 Å². The molecule has 0 aliphatic heterocycles. The summed E-state index contributed by atoms with van der Waals surface area (Å²) in [5, 5.41) is 0. The average molecular weight is 843 g/mol. The lowest BCUT2D eigenvalue weighted by Crippen LogP contribution is -2.30. The number of carbonyl (C=O) groups is 3. The molecular weight excluding hydrogens is 757 g/mol. The molecule has 61 heavy (non-hydrogen) atoms. The summed E-state index contributed by atoms with van der Waals surface area (Å²) in [6.07, 6.45) is 66.4. The maximum atomic E-state index is 12.7. The predicted molar refractivity (Wildman–Crippen MR) is 260 cm³/mol. The zero-order valence-electron chi connectivity index (χ0n) is 38.9. The molecule has 0 aliphatic rings. The van der Waals surface area contributed by atoms with Crippen molar-refractivity contribution in [2.24, 2.45) is 0 Å². The first-order valence-electron chi connectivity index (χ1n) is 24.1. The Bertz CT molecular complexity index is 1340. The average Bonchev–Trinajstić information content (AvgIpc) is 3.26. The van der Waals surface area contributed by atoms with E-state index in [9.17, 15) is 14.4 Å². The van der Waals surface area contributed by atoms with Gasteiger partial charge >= 0.3 is 17.9 Å². The van der Waals surface area contributed by atoms with Crippen LogP contribution in [0, 0.1) is 0 Å². The highest BCUT2D eigenvalue weighted by atomic mass is 16.6. The maximum absolute atomic E-state index is 12.7. The van der Waals surface area contributed by atoms with Crippen LogP contribution in [0.2, 0.25) is 0 Å². The van der Waals surface area contributed by atoms with Gasteiger partial charge in [-0.15, -0.1) is 0 Å². The number of allylic oxidation sites excluding steroid dienone is 19. The van der Waals surface area contributed by atoms with Crippen molar-refractivity contribution in [3.05, 3.63) is 122 Å². The zero-order valence-corrected chi connectivity index (χ0v) is 38.9. The molecule has 0 spiro atoms. The van der Waals surface area contributed by atoms with Crippen LogP contribution in [0.5, 0.6) is 0 Å². The Morgan fingerprint density at radius 2 is 0.754 bits per heavy atom. The molecule has 0 rings (SSSR count). The summed E-state index contributed by atoms with van der Waals surface area (Å²) in [5.41, 5.74) is 0. The molecule has 342 valence electrons. The summed E-state index contributed by atoms with van der Waals surface area (Å²) in [6.45, 7) is 6.21. The molecule has 0 saturated carbocycles. The van der Waals surface area contributed by atoms with E-state index in [2.05, 4.69) is 130 Å². The van der Waals surface area contributed by atoms with Crippen molar-refractivity contribution in [1.29, 1.82) is 0 Å². The summed E-state index contributed by atoms with van der Waals surface area (Å²) >= 11 is 0. The van der Waals surface area contributed by atoms with E-state index in [1.54, 1.807) is 6.08 Å². The summed E-state index contributed by atoms with van der Waals surface area (Å²) in [4.78, 5) is 37.7. The quantitative estimate of drug-likeness (QED) is 0.0201. The van der Waals surface area contributed by atoms with Crippen molar-refractivity contribution >= 4 is 17.9 Å². The number of ether oxygens (including phenoxy) is 3. The molecule has 0 fully saturated rings. The monoisotopic (exact) mass is 843 g/mol. The molecule has 0 saturated heterocycles. The van der Waals surface area contributed by atoms with Gasteiger partial charge in [-0.25, -0.2) is 0 Å². The Morgan fingerprint density at radius 1 is 0.377 bits per heavy atom. The van der Waals surface area contributed by atoms with E-state index in [1.165, 1.54) is 32.1 Å². The molecule has 0 aromatic carbocycles.